The highest BCUT2D eigenvalue weighted by Crippen LogP contribution is 2.31. The smallest absolute Gasteiger partial charge is 0.326 e. The number of amides is 2. The van der Waals surface area contributed by atoms with Crippen molar-refractivity contribution in [2.45, 2.75) is 25.8 Å². The lowest BCUT2D eigenvalue weighted by atomic mass is 10.2. The van der Waals surface area contributed by atoms with Crippen LogP contribution in [0.4, 0.5) is 14.9 Å². The van der Waals surface area contributed by atoms with E-state index in [-0.39, 0.29) is 22.2 Å². The van der Waals surface area contributed by atoms with Crippen LogP contribution in [-0.2, 0) is 4.79 Å². The van der Waals surface area contributed by atoms with Crippen molar-refractivity contribution in [3.63, 3.8) is 0 Å². The summed E-state index contributed by atoms with van der Waals surface area (Å²) in [6.45, 7) is 1.79. The zero-order chi connectivity index (χ0) is 15.3. The van der Waals surface area contributed by atoms with Crippen molar-refractivity contribution < 1.29 is 19.1 Å². The summed E-state index contributed by atoms with van der Waals surface area (Å²) < 4.78 is 13.0. The molecule has 0 fully saturated rings. The van der Waals surface area contributed by atoms with Crippen LogP contribution in [0.2, 0.25) is 10.0 Å². The molecule has 1 aromatic carbocycles. The lowest BCUT2D eigenvalue weighted by molar-refractivity contribution is -0.139. The molecular formula is C12H13Cl2FN2O3. The van der Waals surface area contributed by atoms with Gasteiger partial charge in [-0.3, -0.25) is 0 Å². The Morgan fingerprint density at radius 3 is 2.35 bits per heavy atom. The summed E-state index contributed by atoms with van der Waals surface area (Å²) in [6.07, 6.45) is 0.878. The molecule has 1 atom stereocenters. The first kappa shape index (κ1) is 16.5. The topological polar surface area (TPSA) is 78.4 Å². The molecule has 0 aliphatic rings. The monoisotopic (exact) mass is 322 g/mol. The highest BCUT2D eigenvalue weighted by molar-refractivity contribution is 6.39. The average molecular weight is 323 g/mol. The van der Waals surface area contributed by atoms with Crippen LogP contribution in [0.3, 0.4) is 0 Å². The van der Waals surface area contributed by atoms with E-state index in [1.807, 2.05) is 0 Å². The third kappa shape index (κ3) is 4.54. The summed E-state index contributed by atoms with van der Waals surface area (Å²) in [7, 11) is 0. The lowest BCUT2D eigenvalue weighted by Crippen LogP contribution is -2.42. The van der Waals surface area contributed by atoms with Gasteiger partial charge in [0.05, 0.1) is 15.7 Å². The van der Waals surface area contributed by atoms with Crippen LogP contribution in [0, 0.1) is 5.82 Å². The summed E-state index contributed by atoms with van der Waals surface area (Å²) >= 11 is 11.5. The van der Waals surface area contributed by atoms with E-state index in [2.05, 4.69) is 10.6 Å². The molecule has 3 N–H and O–H groups in total. The molecule has 0 aliphatic heterocycles. The third-order valence-corrected chi connectivity index (χ3v) is 3.02. The zero-order valence-corrected chi connectivity index (χ0v) is 12.1. The van der Waals surface area contributed by atoms with Crippen LogP contribution in [0.5, 0.6) is 0 Å². The van der Waals surface area contributed by atoms with E-state index < -0.39 is 23.9 Å². The van der Waals surface area contributed by atoms with Crippen LogP contribution in [0.1, 0.15) is 19.8 Å². The highest BCUT2D eigenvalue weighted by atomic mass is 35.5. The van der Waals surface area contributed by atoms with Gasteiger partial charge in [0.2, 0.25) is 0 Å². The Morgan fingerprint density at radius 1 is 1.35 bits per heavy atom. The Labute approximate surface area is 125 Å². The number of rotatable bonds is 5. The zero-order valence-electron chi connectivity index (χ0n) is 10.5. The fraction of sp³-hybridized carbons (Fsp3) is 0.333. The molecule has 0 heterocycles. The number of anilines is 1. The fourth-order valence-corrected chi connectivity index (χ4v) is 2.07. The Hall–Kier alpha value is -1.53. The van der Waals surface area contributed by atoms with Gasteiger partial charge in [-0.25, -0.2) is 14.0 Å². The predicted molar refractivity (Wildman–Crippen MR) is 74.9 cm³/mol. The quantitative estimate of drug-likeness (QED) is 0.776. The first-order chi connectivity index (χ1) is 9.35. The number of carboxylic acid groups (broad SMARTS) is 1. The van der Waals surface area contributed by atoms with Crippen LogP contribution in [0.15, 0.2) is 12.1 Å². The molecule has 20 heavy (non-hydrogen) atoms. The van der Waals surface area contributed by atoms with E-state index in [9.17, 15) is 14.0 Å². The normalized spacial score (nSPS) is 11.8. The fourth-order valence-electron chi connectivity index (χ4n) is 1.52. The van der Waals surface area contributed by atoms with Crippen LogP contribution < -0.4 is 10.6 Å². The molecule has 1 rings (SSSR count). The molecule has 0 saturated heterocycles. The van der Waals surface area contributed by atoms with Crippen molar-refractivity contribution in [1.82, 2.24) is 5.32 Å². The van der Waals surface area contributed by atoms with Crippen LogP contribution in [-0.4, -0.2) is 23.1 Å². The van der Waals surface area contributed by atoms with Gasteiger partial charge in [0.25, 0.3) is 0 Å². The maximum atomic E-state index is 13.0. The second-order valence-electron chi connectivity index (χ2n) is 4.02. The van der Waals surface area contributed by atoms with Gasteiger partial charge in [0, 0.05) is 0 Å². The van der Waals surface area contributed by atoms with E-state index in [1.54, 1.807) is 6.92 Å². The summed E-state index contributed by atoms with van der Waals surface area (Å²) in [6, 6.07) is 0.187. The Bertz CT molecular complexity index is 502. The van der Waals surface area contributed by atoms with Crippen molar-refractivity contribution in [1.29, 1.82) is 0 Å². The molecular weight excluding hydrogens is 310 g/mol. The number of carboxylic acids is 1. The molecule has 0 radical (unpaired) electrons. The van der Waals surface area contributed by atoms with E-state index >= 15 is 0 Å². The Balaban J connectivity index is 2.78. The van der Waals surface area contributed by atoms with Gasteiger partial charge in [-0.2, -0.15) is 0 Å². The van der Waals surface area contributed by atoms with E-state index in [1.165, 1.54) is 0 Å². The van der Waals surface area contributed by atoms with Crippen molar-refractivity contribution in [2.24, 2.45) is 0 Å². The largest absolute Gasteiger partial charge is 0.480 e. The summed E-state index contributed by atoms with van der Waals surface area (Å²) in [5.41, 5.74) is 0.0212. The average Bonchev–Trinajstić information content (AvgIpc) is 2.33. The number of benzene rings is 1. The standard InChI is InChI=1S/C12H13Cl2FN2O3/c1-2-3-9(11(18)19)16-12(20)17-10-7(13)4-6(15)5-8(10)14/h4-5,9H,2-3H2,1H3,(H,18,19)(H2,16,17,20)/t9-/m1/s1. The summed E-state index contributed by atoms with van der Waals surface area (Å²) in [5, 5.41) is 13.3. The first-order valence-electron chi connectivity index (χ1n) is 5.80. The number of carbonyl (C=O) groups excluding carboxylic acids is 1. The minimum Gasteiger partial charge on any atom is -0.480 e. The molecule has 1 aromatic rings. The molecule has 110 valence electrons. The molecule has 2 amide bonds. The van der Waals surface area contributed by atoms with Gasteiger partial charge in [-0.15, -0.1) is 0 Å². The molecule has 0 saturated carbocycles. The second-order valence-corrected chi connectivity index (χ2v) is 4.84. The number of urea groups is 1. The second kappa shape index (κ2) is 7.31. The van der Waals surface area contributed by atoms with Gasteiger partial charge in [0.1, 0.15) is 11.9 Å². The van der Waals surface area contributed by atoms with Gasteiger partial charge in [-0.05, 0) is 18.6 Å². The molecule has 0 spiro atoms. The molecule has 0 bridgehead atoms. The van der Waals surface area contributed by atoms with Gasteiger partial charge in [-0.1, -0.05) is 36.5 Å². The van der Waals surface area contributed by atoms with E-state index in [0.29, 0.717) is 6.42 Å². The minimum absolute atomic E-state index is 0.0212. The van der Waals surface area contributed by atoms with Gasteiger partial charge >= 0.3 is 12.0 Å². The van der Waals surface area contributed by atoms with E-state index in [4.69, 9.17) is 28.3 Å². The molecule has 5 nitrogen and oxygen atoms in total. The molecule has 0 aromatic heterocycles. The number of hydrogen-bond acceptors (Lipinski definition) is 2. The number of aliphatic carboxylic acids is 1. The minimum atomic E-state index is -1.14. The maximum absolute atomic E-state index is 13.0. The molecule has 8 heteroatoms. The lowest BCUT2D eigenvalue weighted by Gasteiger charge is -2.15. The number of carbonyl (C=O) groups is 2. The summed E-state index contributed by atoms with van der Waals surface area (Å²) in [5.74, 6) is -1.78. The van der Waals surface area contributed by atoms with Crippen molar-refractivity contribution >= 4 is 40.9 Å². The van der Waals surface area contributed by atoms with Crippen LogP contribution >= 0.6 is 23.2 Å². The number of halogens is 3. The number of nitrogens with one attached hydrogen (secondary N) is 2. The molecule has 0 aliphatic carbocycles. The Morgan fingerprint density at radius 2 is 1.90 bits per heavy atom. The summed E-state index contributed by atoms with van der Waals surface area (Å²) in [4.78, 5) is 22.6. The van der Waals surface area contributed by atoms with Gasteiger partial charge < -0.3 is 15.7 Å². The highest BCUT2D eigenvalue weighted by Gasteiger charge is 2.20. The molecule has 0 unspecified atom stereocenters. The van der Waals surface area contributed by atoms with E-state index in [0.717, 1.165) is 12.1 Å². The van der Waals surface area contributed by atoms with Crippen LogP contribution in [0.25, 0.3) is 0 Å². The van der Waals surface area contributed by atoms with Crippen molar-refractivity contribution in [2.75, 3.05) is 5.32 Å². The predicted octanol–water partition coefficient (Wildman–Crippen LogP) is 3.51. The Kier molecular flexibility index (Phi) is 6.04. The van der Waals surface area contributed by atoms with Gasteiger partial charge in [0.15, 0.2) is 0 Å². The maximum Gasteiger partial charge on any atom is 0.326 e. The SMILES string of the molecule is CCC[C@@H](NC(=O)Nc1c(Cl)cc(F)cc1Cl)C(=O)O. The van der Waals surface area contributed by atoms with Crippen molar-refractivity contribution in [3.8, 4) is 0 Å². The van der Waals surface area contributed by atoms with Crippen molar-refractivity contribution in [3.05, 3.63) is 28.0 Å². The first-order valence-corrected chi connectivity index (χ1v) is 6.55. The third-order valence-electron chi connectivity index (χ3n) is 2.43. The number of hydrogen-bond donors (Lipinski definition) is 3.